The van der Waals surface area contributed by atoms with Gasteiger partial charge < -0.3 is 22.1 Å². The zero-order valence-corrected chi connectivity index (χ0v) is 17.6. The highest BCUT2D eigenvalue weighted by atomic mass is 16.2. The van der Waals surface area contributed by atoms with Crippen molar-refractivity contribution in [1.29, 1.82) is 0 Å². The van der Waals surface area contributed by atoms with Gasteiger partial charge in [0.15, 0.2) is 0 Å². The normalized spacial score (nSPS) is 12.5. The van der Waals surface area contributed by atoms with E-state index >= 15 is 0 Å². The highest BCUT2D eigenvalue weighted by molar-refractivity contribution is 5.76. The lowest BCUT2D eigenvalue weighted by Gasteiger charge is -2.24. The number of nitrogens with one attached hydrogen (secondary N) is 2. The van der Waals surface area contributed by atoms with Crippen molar-refractivity contribution in [3.05, 3.63) is 131 Å². The molecule has 0 aliphatic carbocycles. The monoisotopic (exact) mass is 422 g/mol. The molecule has 0 aliphatic rings. The van der Waals surface area contributed by atoms with Crippen molar-refractivity contribution in [2.75, 3.05) is 11.5 Å². The molecule has 0 bridgehead atoms. The number of hydrogen-bond donors (Lipinski definition) is 4. The summed E-state index contributed by atoms with van der Waals surface area (Å²) < 4.78 is 0. The molecule has 2 atom stereocenters. The fraction of sp³-hybridized carbons (Fsp3) is 0.0741. The Bertz CT molecular complexity index is 1050. The first-order valence-electron chi connectivity index (χ1n) is 10.5. The number of hydrogen-bond acceptors (Lipinski definition) is 3. The molecule has 4 rings (SSSR count). The molecule has 5 heteroatoms. The molecule has 5 nitrogen and oxygen atoms in total. The van der Waals surface area contributed by atoms with Crippen molar-refractivity contribution in [2.45, 2.75) is 12.1 Å². The number of carbonyl (C=O) groups excluding carboxylic acids is 1. The Morgan fingerprint density at radius 2 is 0.812 bits per heavy atom. The number of anilines is 2. The van der Waals surface area contributed by atoms with E-state index in [2.05, 4.69) is 10.6 Å². The van der Waals surface area contributed by atoms with Crippen molar-refractivity contribution in [3.8, 4) is 0 Å². The maximum Gasteiger partial charge on any atom is 0.316 e. The Kier molecular flexibility index (Phi) is 6.37. The molecule has 0 radical (unpaired) electrons. The van der Waals surface area contributed by atoms with E-state index in [4.69, 9.17) is 11.5 Å². The Balaban J connectivity index is 1.61. The molecule has 0 aromatic heterocycles. The lowest BCUT2D eigenvalue weighted by atomic mass is 9.97. The van der Waals surface area contributed by atoms with Crippen LogP contribution in [0.25, 0.3) is 0 Å². The number of nitrogens with two attached hydrogens (primary N) is 2. The van der Waals surface area contributed by atoms with Crippen LogP contribution < -0.4 is 22.1 Å². The molecule has 0 saturated heterocycles. The van der Waals surface area contributed by atoms with Crippen LogP contribution in [0.3, 0.4) is 0 Å². The first-order chi connectivity index (χ1) is 15.6. The molecule has 4 aromatic rings. The number of rotatable bonds is 6. The van der Waals surface area contributed by atoms with E-state index in [1.165, 1.54) is 0 Å². The third kappa shape index (κ3) is 5.08. The number of carbonyl (C=O) groups is 1. The second kappa shape index (κ2) is 9.71. The third-order valence-electron chi connectivity index (χ3n) is 5.36. The highest BCUT2D eigenvalue weighted by Crippen LogP contribution is 2.25. The van der Waals surface area contributed by atoms with Crippen LogP contribution in [0.4, 0.5) is 16.2 Å². The Morgan fingerprint density at radius 3 is 1.16 bits per heavy atom. The summed E-state index contributed by atoms with van der Waals surface area (Å²) in [5, 5.41) is 6.27. The van der Waals surface area contributed by atoms with Crippen LogP contribution >= 0.6 is 0 Å². The minimum Gasteiger partial charge on any atom is -0.399 e. The highest BCUT2D eigenvalue weighted by Gasteiger charge is 2.21. The van der Waals surface area contributed by atoms with Gasteiger partial charge in [0, 0.05) is 11.4 Å². The molecular formula is C27H26N4O. The summed E-state index contributed by atoms with van der Waals surface area (Å²) in [6.07, 6.45) is 0. The topological polar surface area (TPSA) is 93.2 Å². The van der Waals surface area contributed by atoms with Crippen molar-refractivity contribution >= 4 is 17.4 Å². The summed E-state index contributed by atoms with van der Waals surface area (Å²) in [5.41, 5.74) is 16.9. The molecule has 6 N–H and O–H groups in total. The molecule has 2 amide bonds. The summed E-state index contributed by atoms with van der Waals surface area (Å²) in [7, 11) is 0. The van der Waals surface area contributed by atoms with Gasteiger partial charge in [-0.3, -0.25) is 0 Å². The summed E-state index contributed by atoms with van der Waals surface area (Å²) in [4.78, 5) is 13.2. The predicted octanol–water partition coefficient (Wildman–Crippen LogP) is 5.03. The quantitative estimate of drug-likeness (QED) is 0.328. The van der Waals surface area contributed by atoms with E-state index in [0.29, 0.717) is 11.4 Å². The molecule has 0 aliphatic heterocycles. The first-order valence-corrected chi connectivity index (χ1v) is 10.5. The van der Waals surface area contributed by atoms with Gasteiger partial charge in [0.2, 0.25) is 0 Å². The SMILES string of the molecule is Nc1ccc(C(NC(=O)NC(c2ccccc2)c2ccc(N)cc2)c2ccccc2)cc1. The van der Waals surface area contributed by atoms with Crippen LogP contribution in [0.2, 0.25) is 0 Å². The molecule has 4 aromatic carbocycles. The van der Waals surface area contributed by atoms with E-state index in [1.54, 1.807) is 0 Å². The third-order valence-corrected chi connectivity index (χ3v) is 5.36. The standard InChI is InChI=1S/C27H26N4O/c28-23-15-11-21(12-16-23)25(19-7-3-1-4-8-19)30-27(32)31-26(20-9-5-2-6-10-20)22-13-17-24(29)18-14-22/h1-18,25-26H,28-29H2,(H2,30,31,32). The van der Waals surface area contributed by atoms with E-state index in [-0.39, 0.29) is 18.1 Å². The van der Waals surface area contributed by atoms with Crippen LogP contribution in [-0.2, 0) is 0 Å². The fourth-order valence-corrected chi connectivity index (χ4v) is 3.69. The zero-order valence-electron chi connectivity index (χ0n) is 17.6. The molecule has 0 heterocycles. The maximum absolute atomic E-state index is 13.2. The van der Waals surface area contributed by atoms with Gasteiger partial charge in [-0.25, -0.2) is 4.79 Å². The molecule has 2 unspecified atom stereocenters. The minimum atomic E-state index is -0.320. The molecule has 0 saturated carbocycles. The average Bonchev–Trinajstić information content (AvgIpc) is 2.83. The number of amides is 2. The van der Waals surface area contributed by atoms with Gasteiger partial charge in [0.1, 0.15) is 0 Å². The van der Waals surface area contributed by atoms with E-state index in [0.717, 1.165) is 22.3 Å². The van der Waals surface area contributed by atoms with Crippen LogP contribution in [0, 0.1) is 0 Å². The number of urea groups is 1. The van der Waals surface area contributed by atoms with Gasteiger partial charge in [0.05, 0.1) is 12.1 Å². The van der Waals surface area contributed by atoms with Crippen molar-refractivity contribution in [1.82, 2.24) is 10.6 Å². The summed E-state index contributed by atoms with van der Waals surface area (Å²) in [6, 6.07) is 33.9. The largest absolute Gasteiger partial charge is 0.399 e. The van der Waals surface area contributed by atoms with Gasteiger partial charge in [-0.15, -0.1) is 0 Å². The lowest BCUT2D eigenvalue weighted by Crippen LogP contribution is -2.40. The molecule has 32 heavy (non-hydrogen) atoms. The first kappa shape index (κ1) is 21.0. The minimum absolute atomic E-state index is 0.277. The smallest absolute Gasteiger partial charge is 0.316 e. The van der Waals surface area contributed by atoms with Gasteiger partial charge in [-0.05, 0) is 46.5 Å². The number of benzene rings is 4. The second-order valence-electron chi connectivity index (χ2n) is 7.64. The van der Waals surface area contributed by atoms with Gasteiger partial charge in [-0.2, -0.15) is 0 Å². The summed E-state index contributed by atoms with van der Waals surface area (Å²) >= 11 is 0. The molecule has 160 valence electrons. The lowest BCUT2D eigenvalue weighted by molar-refractivity contribution is 0.236. The Hall–Kier alpha value is -4.25. The van der Waals surface area contributed by atoms with Gasteiger partial charge in [0.25, 0.3) is 0 Å². The second-order valence-corrected chi connectivity index (χ2v) is 7.64. The zero-order chi connectivity index (χ0) is 22.3. The molecule has 0 fully saturated rings. The average molecular weight is 423 g/mol. The fourth-order valence-electron chi connectivity index (χ4n) is 3.69. The Labute approximate surface area is 188 Å². The molecular weight excluding hydrogens is 396 g/mol. The van der Waals surface area contributed by atoms with Gasteiger partial charge in [-0.1, -0.05) is 84.9 Å². The van der Waals surface area contributed by atoms with E-state index in [9.17, 15) is 4.79 Å². The summed E-state index contributed by atoms with van der Waals surface area (Å²) in [5.74, 6) is 0. The van der Waals surface area contributed by atoms with Crippen LogP contribution in [-0.4, -0.2) is 6.03 Å². The summed E-state index contributed by atoms with van der Waals surface area (Å²) in [6.45, 7) is 0. The van der Waals surface area contributed by atoms with E-state index < -0.39 is 0 Å². The van der Waals surface area contributed by atoms with Crippen molar-refractivity contribution in [3.63, 3.8) is 0 Å². The van der Waals surface area contributed by atoms with Crippen LogP contribution in [0.5, 0.6) is 0 Å². The number of nitrogen functional groups attached to an aromatic ring is 2. The van der Waals surface area contributed by atoms with Crippen LogP contribution in [0.15, 0.2) is 109 Å². The van der Waals surface area contributed by atoms with Crippen molar-refractivity contribution in [2.24, 2.45) is 0 Å². The van der Waals surface area contributed by atoms with Crippen LogP contribution in [0.1, 0.15) is 34.3 Å². The Morgan fingerprint density at radius 1 is 0.500 bits per heavy atom. The van der Waals surface area contributed by atoms with Gasteiger partial charge >= 0.3 is 6.03 Å². The maximum atomic E-state index is 13.2. The van der Waals surface area contributed by atoms with Crippen molar-refractivity contribution < 1.29 is 4.79 Å². The molecule has 0 spiro atoms. The predicted molar refractivity (Wildman–Crippen MR) is 130 cm³/mol. The van der Waals surface area contributed by atoms with E-state index in [1.807, 2.05) is 109 Å².